The monoisotopic (exact) mass is 224 g/mol. The second kappa shape index (κ2) is 4.83. The van der Waals surface area contributed by atoms with Crippen LogP contribution in [-0.2, 0) is 18.4 Å². The van der Waals surface area contributed by atoms with Crippen molar-refractivity contribution in [2.24, 2.45) is 7.05 Å². The molecule has 0 aliphatic rings. The molecular formula is C11H16N2O3. The molecule has 0 radical (unpaired) electrons. The molecule has 0 spiro atoms. The zero-order valence-corrected chi connectivity index (χ0v) is 9.70. The first-order valence-electron chi connectivity index (χ1n) is 5.12. The van der Waals surface area contributed by atoms with Crippen LogP contribution in [0.15, 0.2) is 10.9 Å². The molecule has 88 valence electrons. The Kier molecular flexibility index (Phi) is 3.71. The molecule has 1 aromatic heterocycles. The summed E-state index contributed by atoms with van der Waals surface area (Å²) in [5.74, 6) is -0.419. The Bertz CT molecular complexity index is 463. The Balaban J connectivity index is 3.03. The molecule has 1 amide bonds. The lowest BCUT2D eigenvalue weighted by molar-refractivity contribution is -0.120. The first-order chi connectivity index (χ1) is 7.47. The van der Waals surface area contributed by atoms with E-state index in [4.69, 9.17) is 0 Å². The van der Waals surface area contributed by atoms with Gasteiger partial charge in [-0.1, -0.05) is 6.92 Å². The van der Waals surface area contributed by atoms with E-state index in [0.717, 1.165) is 5.69 Å². The molecule has 1 aromatic rings. The highest BCUT2D eigenvalue weighted by Crippen LogP contribution is 2.12. The minimum Gasteiger partial charge on any atom is -0.503 e. The van der Waals surface area contributed by atoms with Gasteiger partial charge in [-0.15, -0.1) is 0 Å². The first kappa shape index (κ1) is 12.3. The van der Waals surface area contributed by atoms with E-state index in [1.165, 1.54) is 6.07 Å². The Labute approximate surface area is 93.7 Å². The fourth-order valence-corrected chi connectivity index (χ4v) is 1.38. The minimum atomic E-state index is -0.420. The van der Waals surface area contributed by atoms with Crippen molar-refractivity contribution in [3.63, 3.8) is 0 Å². The van der Waals surface area contributed by atoms with Gasteiger partial charge < -0.3 is 15.0 Å². The molecule has 0 aromatic carbocycles. The Morgan fingerprint density at radius 2 is 2.19 bits per heavy atom. The van der Waals surface area contributed by atoms with Crippen LogP contribution in [0, 0.1) is 6.92 Å². The summed E-state index contributed by atoms with van der Waals surface area (Å²) in [7, 11) is 1.74. The largest absolute Gasteiger partial charge is 0.503 e. The number of pyridine rings is 1. The Hall–Kier alpha value is -1.78. The topological polar surface area (TPSA) is 71.3 Å². The number of hydrogen-bond donors (Lipinski definition) is 2. The summed E-state index contributed by atoms with van der Waals surface area (Å²) in [5, 5.41) is 12.2. The van der Waals surface area contributed by atoms with E-state index < -0.39 is 5.43 Å². The van der Waals surface area contributed by atoms with Gasteiger partial charge in [0.25, 0.3) is 0 Å². The summed E-state index contributed by atoms with van der Waals surface area (Å²) in [5.41, 5.74) is 0.742. The minimum absolute atomic E-state index is 0.117. The molecule has 0 saturated carbocycles. The van der Waals surface area contributed by atoms with Crippen LogP contribution in [0.4, 0.5) is 0 Å². The van der Waals surface area contributed by atoms with E-state index in [-0.39, 0.29) is 18.2 Å². The number of aromatic hydroxyl groups is 1. The summed E-state index contributed by atoms with van der Waals surface area (Å²) in [6, 6.07) is 1.36. The molecule has 0 atom stereocenters. The maximum Gasteiger partial charge on any atom is 0.223 e. The molecule has 0 aliphatic heterocycles. The number of carbonyl (C=O) groups excluding carboxylic acids is 1. The number of aromatic nitrogens is 1. The lowest BCUT2D eigenvalue weighted by Gasteiger charge is -2.13. The van der Waals surface area contributed by atoms with Crippen LogP contribution >= 0.6 is 0 Å². The zero-order valence-electron chi connectivity index (χ0n) is 9.70. The van der Waals surface area contributed by atoms with Crippen molar-refractivity contribution in [3.8, 4) is 5.75 Å². The number of nitrogens with zero attached hydrogens (tertiary/aromatic N) is 1. The van der Waals surface area contributed by atoms with Gasteiger partial charge in [0.2, 0.25) is 11.3 Å². The van der Waals surface area contributed by atoms with Crippen molar-refractivity contribution >= 4 is 5.91 Å². The highest BCUT2D eigenvalue weighted by molar-refractivity contribution is 5.75. The van der Waals surface area contributed by atoms with Gasteiger partial charge in [-0.2, -0.15) is 0 Å². The third kappa shape index (κ3) is 2.42. The summed E-state index contributed by atoms with van der Waals surface area (Å²) < 4.78 is 1.69. The number of carbonyl (C=O) groups is 1. The second-order valence-corrected chi connectivity index (χ2v) is 3.63. The van der Waals surface area contributed by atoms with Gasteiger partial charge in [-0.05, 0) is 6.92 Å². The smallest absolute Gasteiger partial charge is 0.223 e. The molecular weight excluding hydrogens is 208 g/mol. The second-order valence-electron chi connectivity index (χ2n) is 3.63. The van der Waals surface area contributed by atoms with Gasteiger partial charge in [-0.3, -0.25) is 9.59 Å². The molecule has 0 fully saturated rings. The molecule has 2 N–H and O–H groups in total. The molecule has 0 bridgehead atoms. The van der Waals surface area contributed by atoms with E-state index >= 15 is 0 Å². The van der Waals surface area contributed by atoms with Gasteiger partial charge in [-0.25, -0.2) is 0 Å². The van der Waals surface area contributed by atoms with Gasteiger partial charge in [0.05, 0.1) is 12.2 Å². The molecule has 16 heavy (non-hydrogen) atoms. The van der Waals surface area contributed by atoms with Crippen molar-refractivity contribution in [2.45, 2.75) is 26.8 Å². The molecule has 1 heterocycles. The maximum atomic E-state index is 11.4. The summed E-state index contributed by atoms with van der Waals surface area (Å²) in [6.45, 7) is 3.67. The number of hydrogen-bond acceptors (Lipinski definition) is 3. The lowest BCUT2D eigenvalue weighted by atomic mass is 10.2. The van der Waals surface area contributed by atoms with E-state index in [9.17, 15) is 14.7 Å². The number of nitrogens with one attached hydrogen (secondary N) is 1. The fraction of sp³-hybridized carbons (Fsp3) is 0.455. The van der Waals surface area contributed by atoms with Crippen LogP contribution in [-0.4, -0.2) is 15.6 Å². The molecule has 0 unspecified atom stereocenters. The molecule has 5 heteroatoms. The van der Waals surface area contributed by atoms with Crippen molar-refractivity contribution in [1.82, 2.24) is 9.88 Å². The van der Waals surface area contributed by atoms with E-state index in [1.807, 2.05) is 0 Å². The van der Waals surface area contributed by atoms with Crippen LogP contribution in [0.2, 0.25) is 0 Å². The zero-order chi connectivity index (χ0) is 12.3. The van der Waals surface area contributed by atoms with Crippen LogP contribution in [0.1, 0.15) is 24.7 Å². The Morgan fingerprint density at radius 3 is 2.75 bits per heavy atom. The third-order valence-corrected chi connectivity index (χ3v) is 2.55. The van der Waals surface area contributed by atoms with Gasteiger partial charge in [0.15, 0.2) is 5.75 Å². The van der Waals surface area contributed by atoms with Gasteiger partial charge in [0, 0.05) is 25.2 Å². The number of rotatable bonds is 3. The highest BCUT2D eigenvalue weighted by atomic mass is 16.3. The predicted octanol–water partition coefficient (Wildman–Crippen LogP) is 0.426. The average Bonchev–Trinajstić information content (AvgIpc) is 2.26. The van der Waals surface area contributed by atoms with Crippen LogP contribution in [0.5, 0.6) is 5.75 Å². The third-order valence-electron chi connectivity index (χ3n) is 2.55. The Morgan fingerprint density at radius 1 is 1.56 bits per heavy atom. The number of aryl methyl sites for hydroxylation is 1. The maximum absolute atomic E-state index is 11.4. The van der Waals surface area contributed by atoms with E-state index in [2.05, 4.69) is 5.32 Å². The van der Waals surface area contributed by atoms with Crippen LogP contribution in [0.3, 0.4) is 0 Å². The molecule has 5 nitrogen and oxygen atoms in total. The van der Waals surface area contributed by atoms with E-state index in [1.54, 1.807) is 25.5 Å². The molecule has 0 saturated heterocycles. The quantitative estimate of drug-likeness (QED) is 0.782. The normalized spacial score (nSPS) is 10.2. The molecule has 0 aliphatic carbocycles. The predicted molar refractivity (Wildman–Crippen MR) is 60.2 cm³/mol. The van der Waals surface area contributed by atoms with Gasteiger partial charge >= 0.3 is 0 Å². The fourth-order valence-electron chi connectivity index (χ4n) is 1.38. The van der Waals surface area contributed by atoms with Crippen molar-refractivity contribution in [1.29, 1.82) is 0 Å². The summed E-state index contributed by atoms with van der Waals surface area (Å²) >= 11 is 0. The SMILES string of the molecule is CCC(=O)NCc1c(O)c(=O)cc(C)n1C. The lowest BCUT2D eigenvalue weighted by Crippen LogP contribution is -2.25. The summed E-state index contributed by atoms with van der Waals surface area (Å²) in [6.07, 6.45) is 0.376. The van der Waals surface area contributed by atoms with Crippen molar-refractivity contribution < 1.29 is 9.90 Å². The van der Waals surface area contributed by atoms with E-state index in [0.29, 0.717) is 12.1 Å². The molecule has 1 rings (SSSR count). The van der Waals surface area contributed by atoms with Crippen LogP contribution < -0.4 is 10.7 Å². The average molecular weight is 224 g/mol. The van der Waals surface area contributed by atoms with Gasteiger partial charge in [0.1, 0.15) is 0 Å². The van der Waals surface area contributed by atoms with Crippen molar-refractivity contribution in [2.75, 3.05) is 0 Å². The van der Waals surface area contributed by atoms with Crippen LogP contribution in [0.25, 0.3) is 0 Å². The first-order valence-corrected chi connectivity index (χ1v) is 5.12. The summed E-state index contributed by atoms with van der Waals surface area (Å²) in [4.78, 5) is 22.4. The highest BCUT2D eigenvalue weighted by Gasteiger charge is 2.11. The standard InChI is InChI=1S/C11H16N2O3/c1-4-10(15)12-6-8-11(16)9(14)5-7(2)13(8)3/h5,16H,4,6H2,1-3H3,(H,12,15). The van der Waals surface area contributed by atoms with Crippen molar-refractivity contribution in [3.05, 3.63) is 27.7 Å². The number of amides is 1.